The van der Waals surface area contributed by atoms with Crippen LogP contribution in [-0.4, -0.2) is 28.1 Å². The number of aryl methyl sites for hydroxylation is 1. The summed E-state index contributed by atoms with van der Waals surface area (Å²) in [5.74, 6) is -0.140. The number of hydrogen-bond donors (Lipinski definition) is 2. The molecule has 1 aliphatic rings. The van der Waals surface area contributed by atoms with Crippen LogP contribution in [0.2, 0.25) is 0 Å². The Morgan fingerprint density at radius 2 is 2.05 bits per heavy atom. The summed E-state index contributed by atoms with van der Waals surface area (Å²) in [6.45, 7) is 3.52. The smallest absolute Gasteiger partial charge is 0.249 e. The van der Waals surface area contributed by atoms with Crippen molar-refractivity contribution in [2.45, 2.75) is 58.4 Å². The van der Waals surface area contributed by atoms with Gasteiger partial charge in [-0.2, -0.15) is 0 Å². The summed E-state index contributed by atoms with van der Waals surface area (Å²) < 4.78 is 0. The third-order valence-corrected chi connectivity index (χ3v) is 4.57. The van der Waals surface area contributed by atoms with Crippen LogP contribution >= 0.6 is 11.3 Å². The Balaban J connectivity index is 2.00. The van der Waals surface area contributed by atoms with E-state index in [1.54, 1.807) is 0 Å². The summed E-state index contributed by atoms with van der Waals surface area (Å²) >= 11 is 1.40. The van der Waals surface area contributed by atoms with Crippen LogP contribution in [0.15, 0.2) is 0 Å². The average molecular weight is 310 g/mol. The van der Waals surface area contributed by atoms with E-state index >= 15 is 0 Å². The Morgan fingerprint density at radius 1 is 1.33 bits per heavy atom. The molecule has 1 aromatic rings. The van der Waals surface area contributed by atoms with Crippen molar-refractivity contribution >= 4 is 28.3 Å². The molecule has 7 heteroatoms. The summed E-state index contributed by atoms with van der Waals surface area (Å²) in [6, 6.07) is -0.469. The van der Waals surface area contributed by atoms with Crippen molar-refractivity contribution in [3.63, 3.8) is 0 Å². The molecule has 0 radical (unpaired) electrons. The van der Waals surface area contributed by atoms with E-state index in [9.17, 15) is 9.59 Å². The molecule has 2 N–H and O–H groups in total. The van der Waals surface area contributed by atoms with Gasteiger partial charge in [-0.05, 0) is 25.2 Å². The standard InChI is InChI=1S/C14H22N4O2S/c1-3-6-11-17-18-14(21-11)16-13(20)12(15-9(2)19)10-7-4-5-8-10/h10,12H,3-8H2,1-2H3,(H,15,19)(H,16,18,20). The molecule has 0 saturated heterocycles. The van der Waals surface area contributed by atoms with Gasteiger partial charge in [0.25, 0.3) is 0 Å². The Labute approximate surface area is 128 Å². The molecule has 1 fully saturated rings. The van der Waals surface area contributed by atoms with Gasteiger partial charge in [0.05, 0.1) is 0 Å². The fourth-order valence-electron chi connectivity index (χ4n) is 2.71. The van der Waals surface area contributed by atoms with E-state index in [-0.39, 0.29) is 17.7 Å². The maximum Gasteiger partial charge on any atom is 0.249 e. The number of amides is 2. The zero-order valence-electron chi connectivity index (χ0n) is 12.5. The van der Waals surface area contributed by atoms with Gasteiger partial charge in [-0.15, -0.1) is 10.2 Å². The minimum absolute atomic E-state index is 0.175. The van der Waals surface area contributed by atoms with Gasteiger partial charge in [0.2, 0.25) is 16.9 Å². The van der Waals surface area contributed by atoms with E-state index in [0.29, 0.717) is 5.13 Å². The van der Waals surface area contributed by atoms with Gasteiger partial charge in [-0.1, -0.05) is 31.1 Å². The lowest BCUT2D eigenvalue weighted by Gasteiger charge is -2.22. The van der Waals surface area contributed by atoms with Gasteiger partial charge in [0.15, 0.2) is 0 Å². The van der Waals surface area contributed by atoms with E-state index < -0.39 is 6.04 Å². The van der Waals surface area contributed by atoms with Crippen LogP contribution in [0.5, 0.6) is 0 Å². The molecule has 0 aromatic carbocycles. The third kappa shape index (κ3) is 4.49. The SMILES string of the molecule is CCCc1nnc(NC(=O)C(NC(C)=O)C2CCCC2)s1. The van der Waals surface area contributed by atoms with Crippen LogP contribution < -0.4 is 10.6 Å². The Morgan fingerprint density at radius 3 is 2.67 bits per heavy atom. The highest BCUT2D eigenvalue weighted by Crippen LogP contribution is 2.28. The van der Waals surface area contributed by atoms with Crippen molar-refractivity contribution in [2.75, 3.05) is 5.32 Å². The highest BCUT2D eigenvalue weighted by atomic mass is 32.1. The average Bonchev–Trinajstić information content (AvgIpc) is 3.08. The summed E-state index contributed by atoms with van der Waals surface area (Å²) in [6.07, 6.45) is 6.07. The van der Waals surface area contributed by atoms with Crippen molar-refractivity contribution in [2.24, 2.45) is 5.92 Å². The molecule has 21 heavy (non-hydrogen) atoms. The van der Waals surface area contributed by atoms with E-state index in [1.807, 2.05) is 0 Å². The molecule has 1 heterocycles. The number of aromatic nitrogens is 2. The lowest BCUT2D eigenvalue weighted by Crippen LogP contribution is -2.47. The van der Waals surface area contributed by atoms with Gasteiger partial charge in [0, 0.05) is 13.3 Å². The zero-order valence-corrected chi connectivity index (χ0v) is 13.3. The number of carbonyl (C=O) groups is 2. The fraction of sp³-hybridized carbons (Fsp3) is 0.714. The maximum atomic E-state index is 12.4. The van der Waals surface area contributed by atoms with Crippen molar-refractivity contribution in [3.8, 4) is 0 Å². The summed E-state index contributed by atoms with van der Waals surface area (Å²) in [7, 11) is 0. The molecule has 1 atom stereocenters. The van der Waals surface area contributed by atoms with Gasteiger partial charge in [-0.25, -0.2) is 0 Å². The first-order chi connectivity index (χ1) is 10.1. The second-order valence-corrected chi connectivity index (χ2v) is 6.53. The predicted molar refractivity (Wildman–Crippen MR) is 82.1 cm³/mol. The summed E-state index contributed by atoms with van der Waals surface area (Å²) in [4.78, 5) is 23.8. The highest BCUT2D eigenvalue weighted by Gasteiger charge is 2.31. The monoisotopic (exact) mass is 310 g/mol. The Kier molecular flexibility index (Phi) is 5.67. The lowest BCUT2D eigenvalue weighted by atomic mass is 9.97. The van der Waals surface area contributed by atoms with Crippen LogP contribution in [0.3, 0.4) is 0 Å². The second kappa shape index (κ2) is 7.49. The molecular formula is C14H22N4O2S. The molecule has 6 nitrogen and oxygen atoms in total. The molecule has 2 amide bonds. The summed E-state index contributed by atoms with van der Waals surface area (Å²) in [5, 5.41) is 15.0. The molecule has 2 rings (SSSR count). The van der Waals surface area contributed by atoms with Crippen molar-refractivity contribution in [1.29, 1.82) is 0 Å². The number of anilines is 1. The topological polar surface area (TPSA) is 84.0 Å². The normalized spacial score (nSPS) is 16.7. The molecule has 0 spiro atoms. The number of nitrogens with one attached hydrogen (secondary N) is 2. The number of nitrogens with zero attached hydrogens (tertiary/aromatic N) is 2. The Hall–Kier alpha value is -1.50. The molecule has 1 unspecified atom stereocenters. The van der Waals surface area contributed by atoms with Gasteiger partial charge in [0.1, 0.15) is 11.0 Å². The minimum atomic E-state index is -0.469. The molecule has 1 saturated carbocycles. The molecule has 116 valence electrons. The van der Waals surface area contributed by atoms with Crippen molar-refractivity contribution < 1.29 is 9.59 Å². The Bertz CT molecular complexity index is 497. The number of rotatable bonds is 6. The van der Waals surface area contributed by atoms with Gasteiger partial charge < -0.3 is 5.32 Å². The largest absolute Gasteiger partial charge is 0.344 e. The number of carbonyl (C=O) groups excluding carboxylic acids is 2. The van der Waals surface area contributed by atoms with Crippen LogP contribution in [0, 0.1) is 5.92 Å². The van der Waals surface area contributed by atoms with Crippen LogP contribution in [0.4, 0.5) is 5.13 Å². The zero-order chi connectivity index (χ0) is 15.2. The quantitative estimate of drug-likeness (QED) is 0.843. The maximum absolute atomic E-state index is 12.4. The molecule has 0 aliphatic heterocycles. The van der Waals surface area contributed by atoms with E-state index in [0.717, 1.165) is 43.5 Å². The predicted octanol–water partition coefficient (Wildman–Crippen LogP) is 2.12. The third-order valence-electron chi connectivity index (χ3n) is 3.67. The van der Waals surface area contributed by atoms with Crippen LogP contribution in [-0.2, 0) is 16.0 Å². The molecule has 1 aliphatic carbocycles. The lowest BCUT2D eigenvalue weighted by molar-refractivity contribution is -0.126. The fourth-order valence-corrected chi connectivity index (χ4v) is 3.55. The second-order valence-electron chi connectivity index (χ2n) is 5.46. The van der Waals surface area contributed by atoms with E-state index in [2.05, 4.69) is 27.8 Å². The van der Waals surface area contributed by atoms with Gasteiger partial charge in [-0.3, -0.25) is 14.9 Å². The first-order valence-corrected chi connectivity index (χ1v) is 8.32. The molecule has 0 bridgehead atoms. The van der Waals surface area contributed by atoms with Crippen molar-refractivity contribution in [1.82, 2.24) is 15.5 Å². The first-order valence-electron chi connectivity index (χ1n) is 7.50. The van der Waals surface area contributed by atoms with Crippen LogP contribution in [0.1, 0.15) is 51.0 Å². The summed E-state index contributed by atoms with van der Waals surface area (Å²) in [5.41, 5.74) is 0. The molecular weight excluding hydrogens is 288 g/mol. The van der Waals surface area contributed by atoms with E-state index in [4.69, 9.17) is 0 Å². The number of hydrogen-bond acceptors (Lipinski definition) is 5. The highest BCUT2D eigenvalue weighted by molar-refractivity contribution is 7.15. The van der Waals surface area contributed by atoms with Gasteiger partial charge >= 0.3 is 0 Å². The van der Waals surface area contributed by atoms with Crippen molar-refractivity contribution in [3.05, 3.63) is 5.01 Å². The molecule has 1 aromatic heterocycles. The first kappa shape index (κ1) is 15.9. The minimum Gasteiger partial charge on any atom is -0.344 e. The van der Waals surface area contributed by atoms with Crippen LogP contribution in [0.25, 0.3) is 0 Å². The van der Waals surface area contributed by atoms with E-state index in [1.165, 1.54) is 18.3 Å².